The van der Waals surface area contributed by atoms with E-state index in [1.165, 1.54) is 12.2 Å². The molecular formula is C13H12N2O4. The fraction of sp³-hybridized carbons (Fsp3) is 0.154. The van der Waals surface area contributed by atoms with Gasteiger partial charge in [0.2, 0.25) is 5.91 Å². The van der Waals surface area contributed by atoms with Crippen LogP contribution in [0, 0.1) is 11.3 Å². The van der Waals surface area contributed by atoms with Crippen molar-refractivity contribution in [2.24, 2.45) is 0 Å². The molecule has 6 nitrogen and oxygen atoms in total. The second-order valence-corrected chi connectivity index (χ2v) is 3.67. The largest absolute Gasteiger partial charge is 0.479 e. The zero-order chi connectivity index (χ0) is 14.3. The second kappa shape index (κ2) is 6.93. The molecule has 0 aromatic heterocycles. The average molecular weight is 260 g/mol. The molecule has 3 N–H and O–H groups in total. The van der Waals surface area contributed by atoms with Crippen LogP contribution < -0.4 is 5.32 Å². The van der Waals surface area contributed by atoms with Crippen molar-refractivity contribution in [3.63, 3.8) is 0 Å². The number of hydrogen-bond acceptors (Lipinski definition) is 4. The molecule has 98 valence electrons. The SMILES string of the molecule is N#Cc1cccc(/C=C/C(=O)NC[C@H](O)C(=O)O)c1. The van der Waals surface area contributed by atoms with E-state index >= 15 is 0 Å². The Morgan fingerprint density at radius 1 is 1.47 bits per heavy atom. The van der Waals surface area contributed by atoms with Crippen LogP contribution in [0.15, 0.2) is 30.3 Å². The molecule has 0 aliphatic heterocycles. The van der Waals surface area contributed by atoms with Gasteiger partial charge in [-0.25, -0.2) is 4.79 Å². The lowest BCUT2D eigenvalue weighted by atomic mass is 10.1. The van der Waals surface area contributed by atoms with Crippen LogP contribution in [0.1, 0.15) is 11.1 Å². The van der Waals surface area contributed by atoms with Gasteiger partial charge in [-0.1, -0.05) is 12.1 Å². The first-order chi connectivity index (χ1) is 9.02. The summed E-state index contributed by atoms with van der Waals surface area (Å²) in [5, 5.41) is 28.3. The fourth-order valence-electron chi connectivity index (χ4n) is 1.23. The Morgan fingerprint density at radius 3 is 2.84 bits per heavy atom. The molecule has 0 fully saturated rings. The van der Waals surface area contributed by atoms with Crippen molar-refractivity contribution < 1.29 is 19.8 Å². The Hall–Kier alpha value is -2.65. The van der Waals surface area contributed by atoms with E-state index in [0.717, 1.165) is 0 Å². The Morgan fingerprint density at radius 2 is 2.21 bits per heavy atom. The van der Waals surface area contributed by atoms with Crippen LogP contribution >= 0.6 is 0 Å². The normalized spacial score (nSPS) is 11.8. The number of aliphatic hydroxyl groups is 1. The van der Waals surface area contributed by atoms with Crippen LogP contribution in [0.3, 0.4) is 0 Å². The van der Waals surface area contributed by atoms with Gasteiger partial charge in [0.05, 0.1) is 18.2 Å². The Balaban J connectivity index is 2.54. The van der Waals surface area contributed by atoms with Crippen molar-refractivity contribution in [2.45, 2.75) is 6.10 Å². The van der Waals surface area contributed by atoms with E-state index in [1.807, 2.05) is 6.07 Å². The number of nitrogens with one attached hydrogen (secondary N) is 1. The van der Waals surface area contributed by atoms with Crippen molar-refractivity contribution in [3.05, 3.63) is 41.5 Å². The van der Waals surface area contributed by atoms with Crippen molar-refractivity contribution in [1.29, 1.82) is 5.26 Å². The van der Waals surface area contributed by atoms with Crippen molar-refractivity contribution in [3.8, 4) is 6.07 Å². The monoisotopic (exact) mass is 260 g/mol. The van der Waals surface area contributed by atoms with Gasteiger partial charge in [0.25, 0.3) is 0 Å². The number of aliphatic hydroxyl groups excluding tert-OH is 1. The van der Waals surface area contributed by atoms with Crippen LogP contribution in [-0.2, 0) is 9.59 Å². The summed E-state index contributed by atoms with van der Waals surface area (Å²) < 4.78 is 0. The van der Waals surface area contributed by atoms with E-state index in [-0.39, 0.29) is 6.54 Å². The van der Waals surface area contributed by atoms with Gasteiger partial charge < -0.3 is 15.5 Å². The highest BCUT2D eigenvalue weighted by atomic mass is 16.4. The molecule has 1 amide bonds. The summed E-state index contributed by atoms with van der Waals surface area (Å²) in [5.41, 5.74) is 1.15. The average Bonchev–Trinajstić information content (AvgIpc) is 2.42. The Labute approximate surface area is 109 Å². The standard InChI is InChI=1S/C13H12N2O4/c14-7-10-3-1-2-9(6-10)4-5-12(17)15-8-11(16)13(18)19/h1-6,11,16H,8H2,(H,15,17)(H,18,19)/b5-4+/t11-/m0/s1. The third-order valence-electron chi connectivity index (χ3n) is 2.20. The molecular weight excluding hydrogens is 248 g/mol. The molecule has 1 aromatic carbocycles. The fourth-order valence-corrected chi connectivity index (χ4v) is 1.23. The maximum atomic E-state index is 11.3. The summed E-state index contributed by atoms with van der Waals surface area (Å²) in [6, 6.07) is 8.63. The van der Waals surface area contributed by atoms with Gasteiger partial charge in [-0.3, -0.25) is 4.79 Å². The Kier molecular flexibility index (Phi) is 5.26. The number of nitriles is 1. The molecule has 1 atom stereocenters. The second-order valence-electron chi connectivity index (χ2n) is 3.67. The van der Waals surface area contributed by atoms with E-state index in [9.17, 15) is 9.59 Å². The molecule has 0 aliphatic rings. The zero-order valence-corrected chi connectivity index (χ0v) is 9.91. The summed E-state index contributed by atoms with van der Waals surface area (Å²) in [5.74, 6) is -1.92. The van der Waals surface area contributed by atoms with Crippen LogP contribution in [0.2, 0.25) is 0 Å². The highest BCUT2D eigenvalue weighted by Gasteiger charge is 2.12. The number of carboxylic acid groups (broad SMARTS) is 1. The van der Waals surface area contributed by atoms with Gasteiger partial charge in [-0.15, -0.1) is 0 Å². The predicted molar refractivity (Wildman–Crippen MR) is 66.8 cm³/mol. The first kappa shape index (κ1) is 14.4. The molecule has 1 aromatic rings. The molecule has 0 spiro atoms. The first-order valence-corrected chi connectivity index (χ1v) is 5.40. The number of aliphatic carboxylic acids is 1. The molecule has 0 radical (unpaired) electrons. The third-order valence-corrected chi connectivity index (χ3v) is 2.20. The number of rotatable bonds is 5. The molecule has 0 saturated heterocycles. The molecule has 0 saturated carbocycles. The maximum absolute atomic E-state index is 11.3. The molecule has 19 heavy (non-hydrogen) atoms. The Bertz CT molecular complexity index is 546. The predicted octanol–water partition coefficient (Wildman–Crippen LogP) is 0.133. The molecule has 6 heteroatoms. The van der Waals surface area contributed by atoms with Gasteiger partial charge >= 0.3 is 5.97 Å². The van der Waals surface area contributed by atoms with Gasteiger partial charge in [0.15, 0.2) is 6.10 Å². The smallest absolute Gasteiger partial charge is 0.334 e. The molecule has 0 bridgehead atoms. The van der Waals surface area contributed by atoms with E-state index in [4.69, 9.17) is 15.5 Å². The summed E-state index contributed by atoms with van der Waals surface area (Å²) in [4.78, 5) is 21.6. The van der Waals surface area contributed by atoms with Gasteiger partial charge in [0.1, 0.15) is 0 Å². The minimum absolute atomic E-state index is 0.364. The quantitative estimate of drug-likeness (QED) is 0.652. The highest BCUT2D eigenvalue weighted by Crippen LogP contribution is 2.05. The van der Waals surface area contributed by atoms with Gasteiger partial charge in [0, 0.05) is 6.08 Å². The first-order valence-electron chi connectivity index (χ1n) is 5.40. The van der Waals surface area contributed by atoms with E-state index in [2.05, 4.69) is 5.32 Å². The number of benzene rings is 1. The lowest BCUT2D eigenvalue weighted by Crippen LogP contribution is -2.35. The van der Waals surface area contributed by atoms with Crippen LogP contribution in [0.4, 0.5) is 0 Å². The van der Waals surface area contributed by atoms with E-state index in [1.54, 1.807) is 24.3 Å². The summed E-state index contributed by atoms with van der Waals surface area (Å²) in [7, 11) is 0. The minimum Gasteiger partial charge on any atom is -0.479 e. The number of nitrogens with zero attached hydrogens (tertiary/aromatic N) is 1. The minimum atomic E-state index is -1.63. The van der Waals surface area contributed by atoms with Crippen molar-refractivity contribution in [1.82, 2.24) is 5.32 Å². The maximum Gasteiger partial charge on any atom is 0.334 e. The lowest BCUT2D eigenvalue weighted by molar-refractivity contribution is -0.146. The van der Waals surface area contributed by atoms with Gasteiger partial charge in [-0.05, 0) is 23.8 Å². The van der Waals surface area contributed by atoms with E-state index < -0.39 is 18.0 Å². The highest BCUT2D eigenvalue weighted by molar-refractivity contribution is 5.92. The van der Waals surface area contributed by atoms with Gasteiger partial charge in [-0.2, -0.15) is 5.26 Å². The number of amides is 1. The third kappa shape index (κ3) is 5.02. The molecule has 1 rings (SSSR count). The summed E-state index contributed by atoms with van der Waals surface area (Å²) >= 11 is 0. The van der Waals surface area contributed by atoms with Crippen molar-refractivity contribution >= 4 is 18.0 Å². The number of hydrogen-bond donors (Lipinski definition) is 3. The lowest BCUT2D eigenvalue weighted by Gasteiger charge is -2.05. The number of carboxylic acids is 1. The topological polar surface area (TPSA) is 110 Å². The number of carbonyl (C=O) groups excluding carboxylic acids is 1. The summed E-state index contributed by atoms with van der Waals surface area (Å²) in [6.07, 6.45) is 1.06. The van der Waals surface area contributed by atoms with Crippen LogP contribution in [0.5, 0.6) is 0 Å². The zero-order valence-electron chi connectivity index (χ0n) is 9.91. The van der Waals surface area contributed by atoms with Crippen LogP contribution in [0.25, 0.3) is 6.08 Å². The molecule has 0 aliphatic carbocycles. The molecule has 0 unspecified atom stereocenters. The molecule has 0 heterocycles. The van der Waals surface area contributed by atoms with E-state index in [0.29, 0.717) is 11.1 Å². The van der Waals surface area contributed by atoms with Crippen molar-refractivity contribution in [2.75, 3.05) is 6.54 Å². The number of carbonyl (C=O) groups is 2. The summed E-state index contributed by atoms with van der Waals surface area (Å²) in [6.45, 7) is -0.364. The van der Waals surface area contributed by atoms with Crippen LogP contribution in [-0.4, -0.2) is 34.7 Å².